The number of fused-ring (bicyclic) bond motifs is 1. The molecule has 2 aliphatic rings. The van der Waals surface area contributed by atoms with Gasteiger partial charge in [-0.1, -0.05) is 60.7 Å². The fraction of sp³-hybridized carbons (Fsp3) is 0.455. The van der Waals surface area contributed by atoms with Crippen LogP contribution in [0.2, 0.25) is 0 Å². The maximum atomic E-state index is 2.69. The monoisotopic (exact) mass is 320 g/mol. The Morgan fingerprint density at radius 2 is 0.958 bits per heavy atom. The Labute approximate surface area is 146 Å². The molecule has 2 heteroatoms. The van der Waals surface area contributed by atoms with Crippen LogP contribution >= 0.6 is 0 Å². The largest absolute Gasteiger partial charge is 0.296 e. The number of likely N-dealkylation sites (tertiary alicyclic amines) is 2. The van der Waals surface area contributed by atoms with Crippen molar-refractivity contribution in [2.24, 2.45) is 11.8 Å². The number of hydrogen-bond donors (Lipinski definition) is 0. The summed E-state index contributed by atoms with van der Waals surface area (Å²) >= 11 is 0. The Kier molecular flexibility index (Phi) is 4.43. The molecule has 24 heavy (non-hydrogen) atoms. The van der Waals surface area contributed by atoms with Crippen LogP contribution in [0, 0.1) is 11.8 Å². The van der Waals surface area contributed by atoms with Crippen molar-refractivity contribution in [2.45, 2.75) is 25.9 Å². The quantitative estimate of drug-likeness (QED) is 0.825. The lowest BCUT2D eigenvalue weighted by molar-refractivity contribution is 0.191. The van der Waals surface area contributed by atoms with E-state index in [2.05, 4.69) is 84.3 Å². The number of hydrogen-bond acceptors (Lipinski definition) is 2. The Hall–Kier alpha value is -1.64. The van der Waals surface area contributed by atoms with Gasteiger partial charge in [0.15, 0.2) is 0 Å². The third-order valence-electron chi connectivity index (χ3n) is 6.20. The van der Waals surface area contributed by atoms with Gasteiger partial charge in [-0.05, 0) is 36.8 Å². The summed E-state index contributed by atoms with van der Waals surface area (Å²) in [6.45, 7) is 9.72. The molecule has 4 rings (SSSR count). The summed E-state index contributed by atoms with van der Waals surface area (Å²) in [6, 6.07) is 23.0. The molecule has 2 unspecified atom stereocenters. The molecule has 2 aromatic carbocycles. The van der Waals surface area contributed by atoms with Gasteiger partial charge in [0, 0.05) is 38.3 Å². The molecule has 2 nitrogen and oxygen atoms in total. The second-order valence-electron chi connectivity index (χ2n) is 7.60. The van der Waals surface area contributed by atoms with Crippen LogP contribution in [0.3, 0.4) is 0 Å². The Bertz CT molecular complexity index is 583. The van der Waals surface area contributed by atoms with Gasteiger partial charge in [0.05, 0.1) is 0 Å². The lowest BCUT2D eigenvalue weighted by atomic mass is 10.0. The summed E-state index contributed by atoms with van der Waals surface area (Å²) < 4.78 is 0. The minimum atomic E-state index is 0.539. The van der Waals surface area contributed by atoms with Crippen LogP contribution in [0.15, 0.2) is 60.7 Å². The molecule has 0 aromatic heterocycles. The van der Waals surface area contributed by atoms with E-state index in [9.17, 15) is 0 Å². The summed E-state index contributed by atoms with van der Waals surface area (Å²) in [5.41, 5.74) is 2.90. The highest BCUT2D eigenvalue weighted by atomic mass is 15.3. The molecule has 126 valence electrons. The zero-order chi connectivity index (χ0) is 16.5. The van der Waals surface area contributed by atoms with Crippen molar-refractivity contribution in [3.63, 3.8) is 0 Å². The molecular formula is C22H28N2. The average molecular weight is 320 g/mol. The normalized spacial score (nSPS) is 27.1. The van der Waals surface area contributed by atoms with Gasteiger partial charge >= 0.3 is 0 Å². The Morgan fingerprint density at radius 1 is 0.625 bits per heavy atom. The van der Waals surface area contributed by atoms with Crippen LogP contribution < -0.4 is 0 Å². The molecule has 0 N–H and O–H groups in total. The molecule has 0 aliphatic carbocycles. The highest BCUT2D eigenvalue weighted by Crippen LogP contribution is 2.38. The molecule has 0 spiro atoms. The molecule has 2 fully saturated rings. The highest BCUT2D eigenvalue weighted by Gasteiger charge is 2.42. The van der Waals surface area contributed by atoms with Crippen LogP contribution in [0.25, 0.3) is 0 Å². The van der Waals surface area contributed by atoms with Gasteiger partial charge in [0.1, 0.15) is 0 Å². The van der Waals surface area contributed by atoms with Crippen molar-refractivity contribution in [3.8, 4) is 0 Å². The van der Waals surface area contributed by atoms with Crippen LogP contribution in [0.5, 0.6) is 0 Å². The molecule has 0 bridgehead atoms. The average Bonchev–Trinajstić information content (AvgIpc) is 3.21. The summed E-state index contributed by atoms with van der Waals surface area (Å²) in [4.78, 5) is 5.38. The van der Waals surface area contributed by atoms with E-state index in [0.29, 0.717) is 12.1 Å². The third-order valence-corrected chi connectivity index (χ3v) is 6.20. The van der Waals surface area contributed by atoms with E-state index in [0.717, 1.165) is 11.8 Å². The van der Waals surface area contributed by atoms with Crippen LogP contribution in [-0.4, -0.2) is 36.0 Å². The molecule has 0 amide bonds. The van der Waals surface area contributed by atoms with Gasteiger partial charge in [0.2, 0.25) is 0 Å². The number of rotatable bonds is 4. The first-order chi connectivity index (χ1) is 11.7. The molecule has 2 atom stereocenters. The summed E-state index contributed by atoms with van der Waals surface area (Å²) in [6.07, 6.45) is 0. The van der Waals surface area contributed by atoms with Crippen molar-refractivity contribution >= 4 is 0 Å². The van der Waals surface area contributed by atoms with Crippen molar-refractivity contribution < 1.29 is 0 Å². The summed E-state index contributed by atoms with van der Waals surface area (Å²) in [5.74, 6) is 1.67. The molecule has 0 radical (unpaired) electrons. The first-order valence-electron chi connectivity index (χ1n) is 9.30. The lowest BCUT2D eigenvalue weighted by Crippen LogP contribution is -2.32. The predicted molar refractivity (Wildman–Crippen MR) is 99.8 cm³/mol. The highest BCUT2D eigenvalue weighted by molar-refractivity contribution is 5.20. The van der Waals surface area contributed by atoms with E-state index in [1.165, 1.54) is 37.3 Å². The maximum Gasteiger partial charge on any atom is 0.0320 e. The first kappa shape index (κ1) is 15.9. The van der Waals surface area contributed by atoms with E-state index in [1.807, 2.05) is 0 Å². The fourth-order valence-corrected chi connectivity index (χ4v) is 4.58. The van der Waals surface area contributed by atoms with Crippen molar-refractivity contribution in [1.82, 2.24) is 9.80 Å². The van der Waals surface area contributed by atoms with Crippen LogP contribution in [-0.2, 0) is 0 Å². The second-order valence-corrected chi connectivity index (χ2v) is 7.60. The van der Waals surface area contributed by atoms with Crippen LogP contribution in [0.1, 0.15) is 37.1 Å². The third kappa shape index (κ3) is 3.01. The van der Waals surface area contributed by atoms with Crippen LogP contribution in [0.4, 0.5) is 0 Å². The minimum Gasteiger partial charge on any atom is -0.296 e. The SMILES string of the molecule is CC(c1ccccc1)N1CC2CN(C(C)c3ccccc3)CC2C1. The smallest absolute Gasteiger partial charge is 0.0320 e. The van der Waals surface area contributed by atoms with Crippen molar-refractivity contribution in [2.75, 3.05) is 26.2 Å². The van der Waals surface area contributed by atoms with Gasteiger partial charge in [-0.3, -0.25) is 9.80 Å². The van der Waals surface area contributed by atoms with Crippen molar-refractivity contribution in [3.05, 3.63) is 71.8 Å². The fourth-order valence-electron chi connectivity index (χ4n) is 4.58. The van der Waals surface area contributed by atoms with E-state index >= 15 is 0 Å². The predicted octanol–water partition coefficient (Wildman–Crippen LogP) is 4.37. The zero-order valence-corrected chi connectivity index (χ0v) is 14.8. The van der Waals surface area contributed by atoms with E-state index in [1.54, 1.807) is 0 Å². The molecule has 2 aliphatic heterocycles. The molecular weight excluding hydrogens is 292 g/mol. The Balaban J connectivity index is 1.38. The van der Waals surface area contributed by atoms with E-state index < -0.39 is 0 Å². The lowest BCUT2D eigenvalue weighted by Gasteiger charge is -2.29. The van der Waals surface area contributed by atoms with Gasteiger partial charge in [-0.25, -0.2) is 0 Å². The zero-order valence-electron chi connectivity index (χ0n) is 14.8. The Morgan fingerprint density at radius 3 is 1.29 bits per heavy atom. The van der Waals surface area contributed by atoms with Gasteiger partial charge in [0.25, 0.3) is 0 Å². The van der Waals surface area contributed by atoms with E-state index in [4.69, 9.17) is 0 Å². The maximum absolute atomic E-state index is 2.69. The van der Waals surface area contributed by atoms with Gasteiger partial charge in [-0.15, -0.1) is 0 Å². The van der Waals surface area contributed by atoms with Gasteiger partial charge in [-0.2, -0.15) is 0 Å². The standard InChI is InChI=1S/C22H28N2/c1-17(19-9-5-3-6-10-19)23-13-21-15-24(16-22(21)14-23)18(2)20-11-7-4-8-12-20/h3-12,17-18,21-22H,13-16H2,1-2H3. The van der Waals surface area contributed by atoms with E-state index in [-0.39, 0.29) is 0 Å². The number of nitrogens with zero attached hydrogens (tertiary/aromatic N) is 2. The van der Waals surface area contributed by atoms with Crippen molar-refractivity contribution in [1.29, 1.82) is 0 Å². The number of benzene rings is 2. The summed E-state index contributed by atoms with van der Waals surface area (Å²) in [5, 5.41) is 0. The first-order valence-corrected chi connectivity index (χ1v) is 9.30. The van der Waals surface area contributed by atoms with Gasteiger partial charge < -0.3 is 0 Å². The summed E-state index contributed by atoms with van der Waals surface area (Å²) in [7, 11) is 0. The molecule has 2 aromatic rings. The molecule has 0 saturated carbocycles. The molecule has 2 saturated heterocycles. The minimum absolute atomic E-state index is 0.539. The molecule has 2 heterocycles. The second kappa shape index (κ2) is 6.70. The topological polar surface area (TPSA) is 6.48 Å².